The Labute approximate surface area is 118 Å². The lowest BCUT2D eigenvalue weighted by Gasteiger charge is -2.34. The molecule has 0 aliphatic carbocycles. The van der Waals surface area contributed by atoms with E-state index in [1.165, 1.54) is 18.3 Å². The van der Waals surface area contributed by atoms with Gasteiger partial charge in [0.1, 0.15) is 5.69 Å². The highest BCUT2D eigenvalue weighted by atomic mass is 16.4. The summed E-state index contributed by atoms with van der Waals surface area (Å²) in [5, 5.41) is 8.80. The molecule has 0 saturated carbocycles. The molecule has 1 amide bonds. The van der Waals surface area contributed by atoms with Crippen molar-refractivity contribution in [3.63, 3.8) is 0 Å². The zero-order valence-corrected chi connectivity index (χ0v) is 11.6. The number of carboxylic acid groups (broad SMARTS) is 1. The summed E-state index contributed by atoms with van der Waals surface area (Å²) in [5.74, 6) is -1.16. The first-order valence-electron chi connectivity index (χ1n) is 6.82. The van der Waals surface area contributed by atoms with Gasteiger partial charge in [0, 0.05) is 32.4 Å². The molecule has 1 aromatic heterocycles. The summed E-state index contributed by atoms with van der Waals surface area (Å²) >= 11 is 0. The van der Waals surface area contributed by atoms with Gasteiger partial charge in [-0.25, -0.2) is 4.79 Å². The number of nitrogens with zero attached hydrogens (tertiary/aromatic N) is 3. The molecule has 2 heterocycles. The summed E-state index contributed by atoms with van der Waals surface area (Å²) in [6.45, 7) is 6.36. The number of piperazine rings is 1. The number of carbonyl (C=O) groups is 2. The van der Waals surface area contributed by atoms with Crippen molar-refractivity contribution in [2.24, 2.45) is 0 Å². The third kappa shape index (κ3) is 3.33. The van der Waals surface area contributed by atoms with Gasteiger partial charge in [-0.2, -0.15) is 0 Å². The molecular formula is C14H19N3O3. The topological polar surface area (TPSA) is 73.7 Å². The molecule has 1 fully saturated rings. The van der Waals surface area contributed by atoms with E-state index in [4.69, 9.17) is 5.11 Å². The Balaban J connectivity index is 1.96. The predicted molar refractivity (Wildman–Crippen MR) is 73.8 cm³/mol. The first kappa shape index (κ1) is 14.5. The number of aromatic carboxylic acids is 1. The van der Waals surface area contributed by atoms with Gasteiger partial charge in [-0.3, -0.25) is 14.7 Å². The Bertz CT molecular complexity index is 479. The van der Waals surface area contributed by atoms with E-state index in [9.17, 15) is 9.59 Å². The van der Waals surface area contributed by atoms with Crippen molar-refractivity contribution < 1.29 is 14.7 Å². The molecule has 1 N–H and O–H groups in total. The van der Waals surface area contributed by atoms with E-state index in [2.05, 4.69) is 16.8 Å². The minimum absolute atomic E-state index is 0.0920. The molecule has 0 spiro atoms. The average molecular weight is 277 g/mol. The Morgan fingerprint density at radius 1 is 1.25 bits per heavy atom. The van der Waals surface area contributed by atoms with Gasteiger partial charge in [-0.1, -0.05) is 6.92 Å². The molecule has 1 aliphatic heterocycles. The summed E-state index contributed by atoms with van der Waals surface area (Å²) in [4.78, 5) is 31.0. The van der Waals surface area contributed by atoms with Crippen LogP contribution in [0.3, 0.4) is 0 Å². The minimum atomic E-state index is -1.04. The van der Waals surface area contributed by atoms with Crippen LogP contribution >= 0.6 is 0 Å². The van der Waals surface area contributed by atoms with Crippen LogP contribution in [0.15, 0.2) is 18.3 Å². The lowest BCUT2D eigenvalue weighted by atomic mass is 10.2. The molecule has 6 nitrogen and oxygen atoms in total. The van der Waals surface area contributed by atoms with Crippen LogP contribution in [0.5, 0.6) is 0 Å². The Morgan fingerprint density at radius 2 is 1.95 bits per heavy atom. The van der Waals surface area contributed by atoms with Crippen LogP contribution in [0.25, 0.3) is 0 Å². The smallest absolute Gasteiger partial charge is 0.337 e. The molecule has 20 heavy (non-hydrogen) atoms. The second-order valence-electron chi connectivity index (χ2n) is 4.87. The normalized spacial score (nSPS) is 16.1. The number of carboxylic acids is 1. The first-order valence-corrected chi connectivity index (χ1v) is 6.82. The van der Waals surface area contributed by atoms with Crippen LogP contribution in [0.1, 0.15) is 34.2 Å². The van der Waals surface area contributed by atoms with E-state index in [-0.39, 0.29) is 11.5 Å². The van der Waals surface area contributed by atoms with Crippen LogP contribution in [-0.4, -0.2) is 64.5 Å². The molecule has 0 bridgehead atoms. The summed E-state index contributed by atoms with van der Waals surface area (Å²) in [7, 11) is 0. The van der Waals surface area contributed by atoms with Crippen molar-refractivity contribution in [2.75, 3.05) is 32.7 Å². The Hall–Kier alpha value is -1.95. The maximum Gasteiger partial charge on any atom is 0.337 e. The molecule has 0 atom stereocenters. The summed E-state index contributed by atoms with van der Waals surface area (Å²) in [6, 6.07) is 2.89. The number of aromatic nitrogens is 1. The van der Waals surface area contributed by atoms with Gasteiger partial charge < -0.3 is 10.0 Å². The molecule has 6 heteroatoms. The number of hydrogen-bond acceptors (Lipinski definition) is 4. The van der Waals surface area contributed by atoms with Gasteiger partial charge in [-0.15, -0.1) is 0 Å². The summed E-state index contributed by atoms with van der Waals surface area (Å²) < 4.78 is 0. The predicted octanol–water partition coefficient (Wildman–Crippen LogP) is 0.948. The molecule has 0 unspecified atom stereocenters. The highest BCUT2D eigenvalue weighted by Gasteiger charge is 2.22. The lowest BCUT2D eigenvalue weighted by molar-refractivity contribution is 0.0628. The average Bonchev–Trinajstić information content (AvgIpc) is 2.48. The molecule has 0 radical (unpaired) electrons. The third-order valence-electron chi connectivity index (χ3n) is 3.43. The summed E-state index contributed by atoms with van der Waals surface area (Å²) in [5.41, 5.74) is 0.397. The maximum absolute atomic E-state index is 12.2. The Kier molecular flexibility index (Phi) is 4.68. The SMILES string of the molecule is CCCN1CCN(C(=O)c2ccc(C(=O)O)cn2)CC1. The number of rotatable bonds is 4. The van der Waals surface area contributed by atoms with E-state index in [0.717, 1.165) is 26.1 Å². The minimum Gasteiger partial charge on any atom is -0.478 e. The second-order valence-corrected chi connectivity index (χ2v) is 4.87. The highest BCUT2D eigenvalue weighted by molar-refractivity contribution is 5.93. The Morgan fingerprint density at radius 3 is 2.45 bits per heavy atom. The lowest BCUT2D eigenvalue weighted by Crippen LogP contribution is -2.48. The number of hydrogen-bond donors (Lipinski definition) is 1. The maximum atomic E-state index is 12.2. The number of amides is 1. The largest absolute Gasteiger partial charge is 0.478 e. The van der Waals surface area contributed by atoms with Crippen molar-refractivity contribution >= 4 is 11.9 Å². The fourth-order valence-electron chi connectivity index (χ4n) is 2.30. The second kappa shape index (κ2) is 6.47. The first-order chi connectivity index (χ1) is 9.61. The van der Waals surface area contributed by atoms with Crippen LogP contribution in [0.4, 0.5) is 0 Å². The highest BCUT2D eigenvalue weighted by Crippen LogP contribution is 2.08. The zero-order valence-electron chi connectivity index (χ0n) is 11.6. The van der Waals surface area contributed by atoms with E-state index < -0.39 is 5.97 Å². The van der Waals surface area contributed by atoms with Gasteiger partial charge in [0.15, 0.2) is 0 Å². The fourth-order valence-corrected chi connectivity index (χ4v) is 2.30. The van der Waals surface area contributed by atoms with Gasteiger partial charge in [0.25, 0.3) is 5.91 Å². The van der Waals surface area contributed by atoms with Crippen LogP contribution in [0.2, 0.25) is 0 Å². The van der Waals surface area contributed by atoms with E-state index >= 15 is 0 Å². The zero-order chi connectivity index (χ0) is 14.5. The van der Waals surface area contributed by atoms with Gasteiger partial charge in [0.2, 0.25) is 0 Å². The van der Waals surface area contributed by atoms with Crippen molar-refractivity contribution in [1.29, 1.82) is 0 Å². The van der Waals surface area contributed by atoms with Gasteiger partial charge in [-0.05, 0) is 25.1 Å². The van der Waals surface area contributed by atoms with Crippen molar-refractivity contribution in [2.45, 2.75) is 13.3 Å². The van der Waals surface area contributed by atoms with Crippen LogP contribution in [0, 0.1) is 0 Å². The van der Waals surface area contributed by atoms with E-state index in [1.54, 1.807) is 4.90 Å². The van der Waals surface area contributed by atoms with Gasteiger partial charge >= 0.3 is 5.97 Å². The molecular weight excluding hydrogens is 258 g/mol. The monoisotopic (exact) mass is 277 g/mol. The molecule has 0 aromatic carbocycles. The molecule has 108 valence electrons. The number of pyridine rings is 1. The molecule has 1 saturated heterocycles. The number of carbonyl (C=O) groups excluding carboxylic acids is 1. The van der Waals surface area contributed by atoms with E-state index in [0.29, 0.717) is 18.8 Å². The van der Waals surface area contributed by atoms with E-state index in [1.807, 2.05) is 0 Å². The van der Waals surface area contributed by atoms with Crippen molar-refractivity contribution in [3.8, 4) is 0 Å². The van der Waals surface area contributed by atoms with Crippen LogP contribution < -0.4 is 0 Å². The molecule has 1 aliphatic rings. The van der Waals surface area contributed by atoms with Crippen molar-refractivity contribution in [3.05, 3.63) is 29.6 Å². The fraction of sp³-hybridized carbons (Fsp3) is 0.500. The van der Waals surface area contributed by atoms with Crippen molar-refractivity contribution in [1.82, 2.24) is 14.8 Å². The molecule has 2 rings (SSSR count). The standard InChI is InChI=1S/C14H19N3O3/c1-2-5-16-6-8-17(9-7-16)13(18)12-4-3-11(10-15-12)14(19)20/h3-4,10H,2,5-9H2,1H3,(H,19,20). The quantitative estimate of drug-likeness (QED) is 0.887. The van der Waals surface area contributed by atoms with Crippen LogP contribution in [-0.2, 0) is 0 Å². The third-order valence-corrected chi connectivity index (χ3v) is 3.43. The summed E-state index contributed by atoms with van der Waals surface area (Å²) in [6.07, 6.45) is 2.34. The van der Waals surface area contributed by atoms with Gasteiger partial charge in [0.05, 0.1) is 5.56 Å². The molecule has 1 aromatic rings.